The third kappa shape index (κ3) is 14.4. The van der Waals surface area contributed by atoms with Gasteiger partial charge in [0, 0.05) is 67.0 Å². The number of anilines is 3. The van der Waals surface area contributed by atoms with Gasteiger partial charge in [0.15, 0.2) is 0 Å². The zero-order valence-electron chi connectivity index (χ0n) is 42.5. The number of nitrogens with one attached hydrogen (secondary N) is 2. The number of methoxy groups -OCH3 is 2. The van der Waals surface area contributed by atoms with Crippen molar-refractivity contribution in [3.05, 3.63) is 197 Å². The molecule has 3 unspecified atom stereocenters. The average molecular weight is 1030 g/mol. The van der Waals surface area contributed by atoms with Crippen LogP contribution in [0.1, 0.15) is 125 Å². The number of ether oxygens (including phenoxy) is 5. The van der Waals surface area contributed by atoms with Crippen molar-refractivity contribution in [3.8, 4) is 22.3 Å². The van der Waals surface area contributed by atoms with E-state index in [-0.39, 0.29) is 65.0 Å². The average Bonchev–Trinajstić information content (AvgIpc) is 4.31. The number of carbonyl (C=O) groups is 5. The molecule has 10 rings (SSSR count). The van der Waals surface area contributed by atoms with Gasteiger partial charge in [-0.3, -0.25) is 19.6 Å². The van der Waals surface area contributed by atoms with Crippen molar-refractivity contribution < 1.29 is 82.3 Å². The number of aromatic carboxylic acids is 1. The summed E-state index contributed by atoms with van der Waals surface area (Å²) < 4.78 is 26.5. The number of carbonyl (C=O) groups excluding carboxylic acids is 5. The molecule has 2 aromatic heterocycles. The number of amides is 2. The van der Waals surface area contributed by atoms with E-state index in [1.165, 1.54) is 32.7 Å². The summed E-state index contributed by atoms with van der Waals surface area (Å²) in [5, 5.41) is 17.1. The maximum Gasteiger partial charge on any atom is 1.00 e. The van der Waals surface area contributed by atoms with Crippen LogP contribution in [0.2, 0.25) is 0 Å². The minimum atomic E-state index is -1.35. The molecule has 16 nitrogen and oxygen atoms in total. The SMILES string of the molecule is COC(=O)c1ccc(C2CCCO2)cc1N.COC(=O)c1ccc(C2CCCO2)cc1NC(=O)c1cncc(-c2ccccc2)c1.O=C(Nc1cc(C2CCCO2)ccc1C(=O)[O-])c1cncc(-c2ccccc2)c1.[Na+]. The minimum Gasteiger partial charge on any atom is -0.545 e. The van der Waals surface area contributed by atoms with Gasteiger partial charge in [-0.25, -0.2) is 9.59 Å². The van der Waals surface area contributed by atoms with Crippen LogP contribution in [0.5, 0.6) is 0 Å². The van der Waals surface area contributed by atoms with Crippen LogP contribution in [0, 0.1) is 0 Å². The van der Waals surface area contributed by atoms with Gasteiger partial charge in [-0.2, -0.15) is 0 Å². The van der Waals surface area contributed by atoms with Gasteiger partial charge in [0.2, 0.25) is 0 Å². The predicted molar refractivity (Wildman–Crippen MR) is 280 cm³/mol. The van der Waals surface area contributed by atoms with E-state index in [1.807, 2.05) is 72.8 Å². The molecule has 0 bridgehead atoms. The standard InChI is InChI=1S/C24H22N2O4.C23H20N2O4.C12H15NO3.Na/c1-29-24(28)20-10-9-17(22-8-5-11-30-22)13-21(20)26-23(27)19-12-18(14-25-15-19)16-6-3-2-4-7-16;26-22(18-11-17(13-24-14-18)15-5-2-1-3-6-15)25-20-12-16(21-7-4-10-29-21)8-9-19(20)23(27)28;1-15-12(14)9-5-4-8(7-10(9)13)11-3-2-6-16-11;/h2-4,6-7,9-10,12-15,22H,5,8,11H2,1H3,(H,26,27);1-3,5-6,8-9,11-14,21H,4,7,10H2,(H,25,26)(H,27,28);4-5,7,11H,2-3,6,13H2,1H3;/q;;;+1/p-1. The molecule has 3 atom stereocenters. The molecule has 5 heterocycles. The number of nitrogens with zero attached hydrogens (tertiary/aromatic N) is 2. The van der Waals surface area contributed by atoms with E-state index in [0.29, 0.717) is 46.8 Å². The number of nitrogens with two attached hydrogens (primary N) is 1. The summed E-state index contributed by atoms with van der Waals surface area (Å²) in [6.07, 6.45) is 12.1. The number of carboxylic acids is 1. The Kier molecular flexibility index (Phi) is 20.2. The van der Waals surface area contributed by atoms with Crippen LogP contribution in [0.25, 0.3) is 22.3 Å². The summed E-state index contributed by atoms with van der Waals surface area (Å²) in [5.74, 6) is -3.07. The number of hydrogen-bond donors (Lipinski definition) is 3. The van der Waals surface area contributed by atoms with Gasteiger partial charge < -0.3 is 50.0 Å². The summed E-state index contributed by atoms with van der Waals surface area (Å²) in [5.41, 5.74) is 14.5. The molecule has 384 valence electrons. The number of hydrogen-bond acceptors (Lipinski definition) is 14. The van der Waals surface area contributed by atoms with E-state index >= 15 is 0 Å². The van der Waals surface area contributed by atoms with Crippen LogP contribution in [-0.2, 0) is 23.7 Å². The fraction of sp³-hybridized carbons (Fsp3) is 0.237. The Morgan fingerprint density at radius 1 is 0.513 bits per heavy atom. The largest absolute Gasteiger partial charge is 1.00 e. The summed E-state index contributed by atoms with van der Waals surface area (Å²) in [6.45, 7) is 2.18. The second-order valence-corrected chi connectivity index (χ2v) is 17.8. The normalized spacial score (nSPS) is 16.3. The van der Waals surface area contributed by atoms with Crippen molar-refractivity contribution >= 4 is 46.8 Å². The quantitative estimate of drug-likeness (QED) is 0.0652. The molecule has 0 aliphatic carbocycles. The molecule has 4 N–H and O–H groups in total. The maximum absolute atomic E-state index is 13.0. The van der Waals surface area contributed by atoms with E-state index in [4.69, 9.17) is 24.7 Å². The number of rotatable bonds is 12. The van der Waals surface area contributed by atoms with Gasteiger partial charge in [0.25, 0.3) is 11.8 Å². The van der Waals surface area contributed by atoms with Gasteiger partial charge in [0.1, 0.15) is 0 Å². The van der Waals surface area contributed by atoms with Crippen molar-refractivity contribution in [2.75, 3.05) is 50.4 Å². The van der Waals surface area contributed by atoms with Crippen molar-refractivity contribution in [2.45, 2.75) is 56.8 Å². The number of pyridine rings is 2. The van der Waals surface area contributed by atoms with Gasteiger partial charge in [-0.15, -0.1) is 0 Å². The number of nitrogen functional groups attached to an aromatic ring is 1. The summed E-state index contributed by atoms with van der Waals surface area (Å²) in [6, 6.07) is 38.2. The zero-order chi connectivity index (χ0) is 52.7. The molecule has 3 aliphatic rings. The molecule has 2 amide bonds. The van der Waals surface area contributed by atoms with Crippen LogP contribution >= 0.6 is 0 Å². The molecular formula is C59H56N5NaO11. The maximum atomic E-state index is 13.0. The van der Waals surface area contributed by atoms with Crippen LogP contribution in [0.4, 0.5) is 17.1 Å². The molecule has 3 fully saturated rings. The Labute approximate surface area is 462 Å². The monoisotopic (exact) mass is 1030 g/mol. The number of aromatic nitrogens is 2. The fourth-order valence-corrected chi connectivity index (χ4v) is 8.89. The molecule has 0 spiro atoms. The molecule has 0 saturated carbocycles. The first-order valence-corrected chi connectivity index (χ1v) is 24.5. The summed E-state index contributed by atoms with van der Waals surface area (Å²) in [4.78, 5) is 69.2. The predicted octanol–water partition coefficient (Wildman–Crippen LogP) is 6.77. The van der Waals surface area contributed by atoms with E-state index in [1.54, 1.807) is 60.9 Å². The molecule has 5 aromatic carbocycles. The number of esters is 2. The fourth-order valence-electron chi connectivity index (χ4n) is 8.89. The van der Waals surface area contributed by atoms with E-state index in [0.717, 1.165) is 84.1 Å². The molecule has 3 saturated heterocycles. The Bertz CT molecular complexity index is 3140. The van der Waals surface area contributed by atoms with E-state index in [2.05, 4.69) is 25.3 Å². The van der Waals surface area contributed by atoms with Crippen molar-refractivity contribution in [1.82, 2.24) is 9.97 Å². The van der Waals surface area contributed by atoms with E-state index in [9.17, 15) is 29.1 Å². The topological polar surface area (TPSA) is 230 Å². The molecule has 3 aliphatic heterocycles. The summed E-state index contributed by atoms with van der Waals surface area (Å²) >= 11 is 0. The first kappa shape index (κ1) is 56.2. The molecule has 7 aromatic rings. The van der Waals surface area contributed by atoms with Gasteiger partial charge >= 0.3 is 41.5 Å². The van der Waals surface area contributed by atoms with E-state index < -0.39 is 23.8 Å². The Balaban J connectivity index is 0.000000172. The molecule has 76 heavy (non-hydrogen) atoms. The number of carboxylic acid groups (broad SMARTS) is 1. The first-order valence-electron chi connectivity index (χ1n) is 24.5. The summed E-state index contributed by atoms with van der Waals surface area (Å²) in [7, 11) is 2.66. The molecule has 17 heteroatoms. The van der Waals surface area contributed by atoms with Crippen molar-refractivity contribution in [2.24, 2.45) is 0 Å². The van der Waals surface area contributed by atoms with Gasteiger partial charge in [-0.05, 0) is 109 Å². The Morgan fingerprint density at radius 2 is 0.908 bits per heavy atom. The minimum absolute atomic E-state index is 0. The van der Waals surface area contributed by atoms with Crippen LogP contribution in [0.15, 0.2) is 152 Å². The smallest absolute Gasteiger partial charge is 0.545 e. The van der Waals surface area contributed by atoms with Crippen LogP contribution in [0.3, 0.4) is 0 Å². The third-order valence-corrected chi connectivity index (χ3v) is 12.8. The second-order valence-electron chi connectivity index (χ2n) is 17.8. The Morgan fingerprint density at radius 3 is 1.30 bits per heavy atom. The van der Waals surface area contributed by atoms with Crippen molar-refractivity contribution in [3.63, 3.8) is 0 Å². The second kappa shape index (κ2) is 27.3. The zero-order valence-corrected chi connectivity index (χ0v) is 44.5. The van der Waals surface area contributed by atoms with Gasteiger partial charge in [0.05, 0.1) is 72.1 Å². The number of benzene rings is 5. The van der Waals surface area contributed by atoms with Crippen LogP contribution < -0.4 is 51.0 Å². The molecule has 0 radical (unpaired) electrons. The van der Waals surface area contributed by atoms with Crippen LogP contribution in [-0.4, -0.2) is 73.7 Å². The molecular weight excluding hydrogens is 978 g/mol. The first-order chi connectivity index (χ1) is 36.5. The van der Waals surface area contributed by atoms with Crippen molar-refractivity contribution in [1.29, 1.82) is 0 Å². The third-order valence-electron chi connectivity index (χ3n) is 12.8. The van der Waals surface area contributed by atoms with Gasteiger partial charge in [-0.1, -0.05) is 84.9 Å². The Hall–Kier alpha value is -7.57.